The zero-order valence-electron chi connectivity index (χ0n) is 12.9. The summed E-state index contributed by atoms with van der Waals surface area (Å²) in [4.78, 5) is 16.5. The van der Waals surface area contributed by atoms with Gasteiger partial charge in [-0.05, 0) is 37.1 Å². The maximum Gasteiger partial charge on any atom is 0.234 e. The molecule has 1 saturated carbocycles. The van der Waals surface area contributed by atoms with Crippen molar-refractivity contribution in [1.29, 1.82) is 0 Å². The van der Waals surface area contributed by atoms with Crippen molar-refractivity contribution in [3.8, 4) is 0 Å². The van der Waals surface area contributed by atoms with Gasteiger partial charge in [0.2, 0.25) is 5.91 Å². The number of aromatic nitrogens is 2. The number of carbonyl (C=O) groups excluding carboxylic acids is 1. The van der Waals surface area contributed by atoms with Crippen molar-refractivity contribution in [1.82, 2.24) is 9.55 Å². The summed E-state index contributed by atoms with van der Waals surface area (Å²) in [5.74, 6) is 0.322. The van der Waals surface area contributed by atoms with Crippen LogP contribution in [0.2, 0.25) is 5.02 Å². The Hall–Kier alpha value is -1.46. The number of anilines is 1. The molecule has 23 heavy (non-hydrogen) atoms. The molecule has 0 bridgehead atoms. The van der Waals surface area contributed by atoms with Crippen LogP contribution in [-0.4, -0.2) is 21.2 Å². The molecule has 3 rings (SSSR count). The molecule has 2 aromatic rings. The highest BCUT2D eigenvalue weighted by atomic mass is 35.5. The molecule has 1 aromatic carbocycles. The molecule has 0 radical (unpaired) electrons. The van der Waals surface area contributed by atoms with Gasteiger partial charge in [0.1, 0.15) is 0 Å². The molecule has 0 aliphatic heterocycles. The van der Waals surface area contributed by atoms with Gasteiger partial charge in [-0.25, -0.2) is 4.98 Å². The van der Waals surface area contributed by atoms with E-state index in [-0.39, 0.29) is 5.91 Å². The van der Waals surface area contributed by atoms with Crippen molar-refractivity contribution < 1.29 is 4.79 Å². The Bertz CT molecular complexity index is 650. The molecule has 0 spiro atoms. The van der Waals surface area contributed by atoms with Gasteiger partial charge in [-0.2, -0.15) is 0 Å². The second kappa shape index (κ2) is 7.88. The molecule has 1 aromatic heterocycles. The number of hydrogen-bond donors (Lipinski definition) is 1. The predicted octanol–water partition coefficient (Wildman–Crippen LogP) is 4.77. The highest BCUT2D eigenvalue weighted by Gasteiger charge is 2.18. The SMILES string of the molecule is O=C(CSc1nccn1C1CCCCC1)Nc1ccc(Cl)cc1. The minimum Gasteiger partial charge on any atom is -0.325 e. The van der Waals surface area contributed by atoms with Gasteiger partial charge < -0.3 is 9.88 Å². The summed E-state index contributed by atoms with van der Waals surface area (Å²) in [6.07, 6.45) is 10.2. The minimum atomic E-state index is -0.0319. The third-order valence-electron chi connectivity index (χ3n) is 4.06. The molecule has 122 valence electrons. The average molecular weight is 350 g/mol. The predicted molar refractivity (Wildman–Crippen MR) is 95.2 cm³/mol. The largest absolute Gasteiger partial charge is 0.325 e. The zero-order valence-corrected chi connectivity index (χ0v) is 14.4. The molecule has 4 nitrogen and oxygen atoms in total. The number of imidazole rings is 1. The van der Waals surface area contributed by atoms with E-state index in [4.69, 9.17) is 11.6 Å². The Labute approximate surface area is 145 Å². The molecule has 0 saturated heterocycles. The number of benzene rings is 1. The first-order valence-corrected chi connectivity index (χ1v) is 9.30. The Morgan fingerprint density at radius 2 is 2.00 bits per heavy atom. The molecular formula is C17H20ClN3OS. The first kappa shape index (κ1) is 16.4. The topological polar surface area (TPSA) is 46.9 Å². The van der Waals surface area contributed by atoms with Gasteiger partial charge in [-0.15, -0.1) is 0 Å². The van der Waals surface area contributed by atoms with E-state index < -0.39 is 0 Å². The number of nitrogens with zero attached hydrogens (tertiary/aromatic N) is 2. The van der Waals surface area contributed by atoms with Gasteiger partial charge in [0.25, 0.3) is 0 Å². The van der Waals surface area contributed by atoms with E-state index in [1.807, 2.05) is 12.4 Å². The molecule has 0 unspecified atom stereocenters. The lowest BCUT2D eigenvalue weighted by molar-refractivity contribution is -0.113. The number of nitrogens with one attached hydrogen (secondary N) is 1. The van der Waals surface area contributed by atoms with Crippen LogP contribution in [0.1, 0.15) is 38.1 Å². The van der Waals surface area contributed by atoms with E-state index in [2.05, 4.69) is 14.9 Å². The first-order valence-electron chi connectivity index (χ1n) is 7.93. The first-order chi connectivity index (χ1) is 11.2. The Morgan fingerprint density at radius 3 is 2.74 bits per heavy atom. The Balaban J connectivity index is 1.55. The van der Waals surface area contributed by atoms with Crippen LogP contribution in [0.4, 0.5) is 5.69 Å². The second-order valence-corrected chi connectivity index (χ2v) is 7.13. The molecule has 0 atom stereocenters. The van der Waals surface area contributed by atoms with E-state index in [1.165, 1.54) is 43.9 Å². The third kappa shape index (κ3) is 4.52. The van der Waals surface area contributed by atoms with Crippen molar-refractivity contribution >= 4 is 35.0 Å². The minimum absolute atomic E-state index is 0.0319. The summed E-state index contributed by atoms with van der Waals surface area (Å²) in [5, 5.41) is 4.47. The number of amides is 1. The van der Waals surface area contributed by atoms with Gasteiger partial charge in [-0.3, -0.25) is 4.79 Å². The quantitative estimate of drug-likeness (QED) is 0.791. The summed E-state index contributed by atoms with van der Waals surface area (Å²) in [6, 6.07) is 7.66. The van der Waals surface area contributed by atoms with Crippen molar-refractivity contribution in [2.75, 3.05) is 11.1 Å². The summed E-state index contributed by atoms with van der Waals surface area (Å²) in [5.41, 5.74) is 0.760. The third-order valence-corrected chi connectivity index (χ3v) is 5.29. The van der Waals surface area contributed by atoms with E-state index >= 15 is 0 Å². The van der Waals surface area contributed by atoms with Crippen molar-refractivity contribution in [3.63, 3.8) is 0 Å². The molecule has 1 N–H and O–H groups in total. The second-order valence-electron chi connectivity index (χ2n) is 5.75. The van der Waals surface area contributed by atoms with Crippen LogP contribution in [0.3, 0.4) is 0 Å². The molecule has 1 aliphatic rings. The fraction of sp³-hybridized carbons (Fsp3) is 0.412. The van der Waals surface area contributed by atoms with E-state index in [1.54, 1.807) is 24.3 Å². The smallest absolute Gasteiger partial charge is 0.234 e. The lowest BCUT2D eigenvalue weighted by Gasteiger charge is -2.24. The highest BCUT2D eigenvalue weighted by molar-refractivity contribution is 7.99. The van der Waals surface area contributed by atoms with Crippen molar-refractivity contribution in [2.45, 2.75) is 43.3 Å². The van der Waals surface area contributed by atoms with E-state index in [0.29, 0.717) is 16.8 Å². The van der Waals surface area contributed by atoms with Crippen molar-refractivity contribution in [2.24, 2.45) is 0 Å². The van der Waals surface area contributed by atoms with E-state index in [9.17, 15) is 4.79 Å². The maximum absolute atomic E-state index is 12.1. The molecule has 1 aliphatic carbocycles. The van der Waals surface area contributed by atoms with E-state index in [0.717, 1.165) is 10.8 Å². The zero-order chi connectivity index (χ0) is 16.1. The fourth-order valence-corrected chi connectivity index (χ4v) is 3.86. The Kier molecular flexibility index (Phi) is 5.62. The number of thioether (sulfide) groups is 1. The van der Waals surface area contributed by atoms with Crippen LogP contribution < -0.4 is 5.32 Å². The molecule has 1 heterocycles. The lowest BCUT2D eigenvalue weighted by atomic mass is 9.95. The molecule has 1 fully saturated rings. The number of carbonyl (C=O) groups is 1. The Morgan fingerprint density at radius 1 is 1.26 bits per heavy atom. The lowest BCUT2D eigenvalue weighted by Crippen LogP contribution is -2.16. The monoisotopic (exact) mass is 349 g/mol. The maximum atomic E-state index is 12.1. The van der Waals surface area contributed by atoms with Crippen molar-refractivity contribution in [3.05, 3.63) is 41.7 Å². The van der Waals surface area contributed by atoms with Gasteiger partial charge in [0.05, 0.1) is 5.75 Å². The van der Waals surface area contributed by atoms with Crippen LogP contribution in [0.25, 0.3) is 0 Å². The highest BCUT2D eigenvalue weighted by Crippen LogP contribution is 2.31. The molecule has 1 amide bonds. The van der Waals surface area contributed by atoms with Gasteiger partial charge >= 0.3 is 0 Å². The summed E-state index contributed by atoms with van der Waals surface area (Å²) in [6.45, 7) is 0. The standard InChI is InChI=1S/C17H20ClN3OS/c18-13-6-8-14(9-7-13)20-16(22)12-23-17-19-10-11-21(17)15-4-2-1-3-5-15/h6-11,15H,1-5,12H2,(H,20,22). The average Bonchev–Trinajstić information content (AvgIpc) is 3.04. The fourth-order valence-electron chi connectivity index (χ4n) is 2.91. The summed E-state index contributed by atoms with van der Waals surface area (Å²) >= 11 is 7.33. The number of rotatable bonds is 5. The number of halogens is 1. The summed E-state index contributed by atoms with van der Waals surface area (Å²) < 4.78 is 2.24. The number of hydrogen-bond acceptors (Lipinski definition) is 3. The summed E-state index contributed by atoms with van der Waals surface area (Å²) in [7, 11) is 0. The van der Waals surface area contributed by atoms with Crippen LogP contribution in [-0.2, 0) is 4.79 Å². The van der Waals surface area contributed by atoms with Crippen LogP contribution in [0.5, 0.6) is 0 Å². The van der Waals surface area contributed by atoms with Gasteiger partial charge in [0.15, 0.2) is 5.16 Å². The molecular weight excluding hydrogens is 330 g/mol. The molecule has 6 heteroatoms. The normalized spacial score (nSPS) is 15.5. The van der Waals surface area contributed by atoms with Gasteiger partial charge in [0, 0.05) is 29.1 Å². The van der Waals surface area contributed by atoms with Crippen LogP contribution in [0.15, 0.2) is 41.8 Å². The van der Waals surface area contributed by atoms with Gasteiger partial charge in [-0.1, -0.05) is 42.6 Å². The van der Waals surface area contributed by atoms with Crippen LogP contribution >= 0.6 is 23.4 Å². The van der Waals surface area contributed by atoms with Crippen LogP contribution in [0, 0.1) is 0 Å².